The van der Waals surface area contributed by atoms with Crippen LogP contribution in [0.5, 0.6) is 0 Å². The molecule has 1 fully saturated rings. The number of fused-ring (bicyclic) bond motifs is 1. The maximum atomic E-state index is 12.2. The van der Waals surface area contributed by atoms with Crippen molar-refractivity contribution < 1.29 is 9.90 Å². The lowest BCUT2D eigenvalue weighted by Crippen LogP contribution is -2.42. The standard InChI is InChI=1S/C15H20N2O2/c18-11-8-14(16-9-11)15(19)17-13-7-3-5-10-4-1-2-6-12(10)13/h1-2,4,6,11,13-14,16,18H,3,5,7-9H2,(H,17,19)/t11-,13+,14+/m0/s1. The van der Waals surface area contributed by atoms with Crippen LogP contribution in [0.15, 0.2) is 24.3 Å². The Hall–Kier alpha value is -1.39. The number of carbonyl (C=O) groups is 1. The van der Waals surface area contributed by atoms with Gasteiger partial charge in [0.1, 0.15) is 0 Å². The first-order chi connectivity index (χ1) is 9.24. The van der Waals surface area contributed by atoms with Crippen molar-refractivity contribution in [2.75, 3.05) is 6.54 Å². The van der Waals surface area contributed by atoms with Crippen molar-refractivity contribution in [3.05, 3.63) is 35.4 Å². The summed E-state index contributed by atoms with van der Waals surface area (Å²) in [6.07, 6.45) is 3.33. The highest BCUT2D eigenvalue weighted by Gasteiger charge is 2.30. The third-order valence-electron chi connectivity index (χ3n) is 4.11. The number of hydrogen-bond acceptors (Lipinski definition) is 3. The minimum atomic E-state index is -0.394. The molecule has 4 nitrogen and oxygen atoms in total. The van der Waals surface area contributed by atoms with Crippen LogP contribution >= 0.6 is 0 Å². The number of β-amino-alcohol motifs (C(OH)–C–C–N with tert-alkyl or cyclic N) is 1. The molecule has 1 amide bonds. The van der Waals surface area contributed by atoms with E-state index in [1.165, 1.54) is 11.1 Å². The Kier molecular flexibility index (Phi) is 3.53. The van der Waals surface area contributed by atoms with Gasteiger partial charge in [0.2, 0.25) is 5.91 Å². The van der Waals surface area contributed by atoms with Crippen molar-refractivity contribution >= 4 is 5.91 Å². The molecule has 19 heavy (non-hydrogen) atoms. The highest BCUT2D eigenvalue weighted by atomic mass is 16.3. The monoisotopic (exact) mass is 260 g/mol. The molecule has 1 heterocycles. The lowest BCUT2D eigenvalue weighted by Gasteiger charge is -2.27. The van der Waals surface area contributed by atoms with Crippen molar-refractivity contribution in [1.82, 2.24) is 10.6 Å². The van der Waals surface area contributed by atoms with Gasteiger partial charge < -0.3 is 15.7 Å². The Morgan fingerprint density at radius 1 is 1.37 bits per heavy atom. The van der Waals surface area contributed by atoms with Crippen LogP contribution in [-0.2, 0) is 11.2 Å². The summed E-state index contributed by atoms with van der Waals surface area (Å²) in [6.45, 7) is 0.513. The van der Waals surface area contributed by atoms with Gasteiger partial charge in [-0.3, -0.25) is 4.79 Å². The van der Waals surface area contributed by atoms with Crippen LogP contribution in [0.3, 0.4) is 0 Å². The SMILES string of the molecule is O=C(N[C@@H]1CCCc2ccccc21)[C@H]1C[C@H](O)CN1. The van der Waals surface area contributed by atoms with E-state index >= 15 is 0 Å². The van der Waals surface area contributed by atoms with Gasteiger partial charge in [-0.2, -0.15) is 0 Å². The predicted molar refractivity (Wildman–Crippen MR) is 72.7 cm³/mol. The van der Waals surface area contributed by atoms with Gasteiger partial charge in [0.05, 0.1) is 18.2 Å². The zero-order valence-corrected chi connectivity index (χ0v) is 10.9. The molecule has 0 unspecified atom stereocenters. The smallest absolute Gasteiger partial charge is 0.237 e. The molecule has 3 rings (SSSR count). The lowest BCUT2D eigenvalue weighted by atomic mass is 9.87. The Labute approximate surface area is 113 Å². The molecular formula is C15H20N2O2. The van der Waals surface area contributed by atoms with Gasteiger partial charge in [-0.1, -0.05) is 24.3 Å². The summed E-state index contributed by atoms with van der Waals surface area (Å²) in [7, 11) is 0. The number of benzene rings is 1. The molecular weight excluding hydrogens is 240 g/mol. The minimum absolute atomic E-state index is 0.0123. The minimum Gasteiger partial charge on any atom is -0.392 e. The van der Waals surface area contributed by atoms with Crippen molar-refractivity contribution in [1.29, 1.82) is 0 Å². The third kappa shape index (κ3) is 2.65. The Morgan fingerprint density at radius 2 is 2.21 bits per heavy atom. The van der Waals surface area contributed by atoms with Gasteiger partial charge >= 0.3 is 0 Å². The number of aliphatic hydroxyl groups is 1. The zero-order chi connectivity index (χ0) is 13.2. The number of nitrogens with one attached hydrogen (secondary N) is 2. The summed E-state index contributed by atoms with van der Waals surface area (Å²) in [4.78, 5) is 12.2. The second-order valence-electron chi connectivity index (χ2n) is 5.50. The summed E-state index contributed by atoms with van der Waals surface area (Å²) >= 11 is 0. The van der Waals surface area contributed by atoms with Gasteiger partial charge in [-0.25, -0.2) is 0 Å². The van der Waals surface area contributed by atoms with E-state index in [1.807, 2.05) is 6.07 Å². The molecule has 0 radical (unpaired) electrons. The molecule has 1 saturated heterocycles. The van der Waals surface area contributed by atoms with E-state index in [0.29, 0.717) is 13.0 Å². The van der Waals surface area contributed by atoms with E-state index in [-0.39, 0.29) is 18.0 Å². The van der Waals surface area contributed by atoms with Gasteiger partial charge in [0, 0.05) is 6.54 Å². The van der Waals surface area contributed by atoms with Gasteiger partial charge in [0.25, 0.3) is 0 Å². The maximum Gasteiger partial charge on any atom is 0.237 e. The zero-order valence-electron chi connectivity index (χ0n) is 10.9. The molecule has 1 aliphatic heterocycles. The van der Waals surface area contributed by atoms with Crippen LogP contribution in [0.25, 0.3) is 0 Å². The van der Waals surface area contributed by atoms with Crippen LogP contribution < -0.4 is 10.6 Å². The van der Waals surface area contributed by atoms with Crippen molar-refractivity contribution in [3.8, 4) is 0 Å². The molecule has 0 spiro atoms. The van der Waals surface area contributed by atoms with E-state index in [9.17, 15) is 9.90 Å². The van der Waals surface area contributed by atoms with Crippen LogP contribution in [0, 0.1) is 0 Å². The van der Waals surface area contributed by atoms with Gasteiger partial charge in [0.15, 0.2) is 0 Å². The van der Waals surface area contributed by atoms with E-state index in [1.54, 1.807) is 0 Å². The summed E-state index contributed by atoms with van der Waals surface area (Å²) in [5, 5.41) is 15.7. The van der Waals surface area contributed by atoms with Crippen LogP contribution in [0.2, 0.25) is 0 Å². The number of aryl methyl sites for hydroxylation is 1. The summed E-state index contributed by atoms with van der Waals surface area (Å²) < 4.78 is 0. The normalized spacial score (nSPS) is 29.8. The first-order valence-corrected chi connectivity index (χ1v) is 7.03. The second-order valence-corrected chi connectivity index (χ2v) is 5.50. The molecule has 0 saturated carbocycles. The Balaban J connectivity index is 1.69. The predicted octanol–water partition coefficient (Wildman–Crippen LogP) is 0.903. The van der Waals surface area contributed by atoms with Crippen LogP contribution in [0.4, 0.5) is 0 Å². The Morgan fingerprint density at radius 3 is 3.00 bits per heavy atom. The molecule has 0 aromatic heterocycles. The highest BCUT2D eigenvalue weighted by Crippen LogP contribution is 2.29. The number of amides is 1. The summed E-state index contributed by atoms with van der Waals surface area (Å²) in [5.41, 5.74) is 2.60. The van der Waals surface area contributed by atoms with Crippen molar-refractivity contribution in [3.63, 3.8) is 0 Å². The fourth-order valence-corrected chi connectivity index (χ4v) is 3.09. The van der Waals surface area contributed by atoms with Gasteiger partial charge in [-0.15, -0.1) is 0 Å². The second kappa shape index (κ2) is 5.31. The number of carbonyl (C=O) groups excluding carboxylic acids is 1. The van der Waals surface area contributed by atoms with E-state index < -0.39 is 6.10 Å². The highest BCUT2D eigenvalue weighted by molar-refractivity contribution is 5.82. The number of aliphatic hydroxyl groups excluding tert-OH is 1. The molecule has 1 aromatic carbocycles. The molecule has 4 heteroatoms. The lowest BCUT2D eigenvalue weighted by molar-refractivity contribution is -0.123. The molecule has 102 valence electrons. The Bertz CT molecular complexity index is 475. The van der Waals surface area contributed by atoms with E-state index in [4.69, 9.17) is 0 Å². The van der Waals surface area contributed by atoms with Gasteiger partial charge in [-0.05, 0) is 36.8 Å². The first kappa shape index (κ1) is 12.6. The first-order valence-electron chi connectivity index (χ1n) is 7.03. The fourth-order valence-electron chi connectivity index (χ4n) is 3.09. The largest absolute Gasteiger partial charge is 0.392 e. The molecule has 0 bridgehead atoms. The van der Waals surface area contributed by atoms with E-state index in [2.05, 4.69) is 28.8 Å². The summed E-state index contributed by atoms with van der Waals surface area (Å²) in [5.74, 6) is 0.0123. The molecule has 3 N–H and O–H groups in total. The maximum absolute atomic E-state index is 12.2. The molecule has 3 atom stereocenters. The summed E-state index contributed by atoms with van der Waals surface area (Å²) in [6, 6.07) is 8.21. The number of rotatable bonds is 2. The molecule has 1 aromatic rings. The van der Waals surface area contributed by atoms with Crippen molar-refractivity contribution in [2.24, 2.45) is 0 Å². The average molecular weight is 260 g/mol. The molecule has 2 aliphatic rings. The van der Waals surface area contributed by atoms with E-state index in [0.717, 1.165) is 19.3 Å². The number of hydrogen-bond donors (Lipinski definition) is 3. The fraction of sp³-hybridized carbons (Fsp3) is 0.533. The average Bonchev–Trinajstić information content (AvgIpc) is 2.86. The van der Waals surface area contributed by atoms with Crippen molar-refractivity contribution in [2.45, 2.75) is 43.9 Å². The topological polar surface area (TPSA) is 61.4 Å². The molecule has 1 aliphatic carbocycles. The third-order valence-corrected chi connectivity index (χ3v) is 4.11. The van der Waals surface area contributed by atoms with Crippen LogP contribution in [0.1, 0.15) is 36.4 Å². The van der Waals surface area contributed by atoms with Crippen LogP contribution in [-0.4, -0.2) is 29.7 Å². The quantitative estimate of drug-likeness (QED) is 0.740.